The normalized spacial score (nSPS) is 17.2. The number of aromatic nitrogens is 2. The Hall–Kier alpha value is -2.41. The topological polar surface area (TPSA) is 46.8 Å². The summed E-state index contributed by atoms with van der Waals surface area (Å²) in [5.74, 6) is 0.751. The number of benzene rings is 1. The highest BCUT2D eigenvalue weighted by molar-refractivity contribution is 7.15. The number of aryl methyl sites for hydroxylation is 2. The maximum atomic E-state index is 13.6. The maximum Gasteiger partial charge on any atom is 0.260 e. The molecule has 0 aliphatic carbocycles. The summed E-state index contributed by atoms with van der Waals surface area (Å²) in [5, 5.41) is 2.13. The van der Waals surface area contributed by atoms with Crippen LogP contribution in [0.15, 0.2) is 29.6 Å². The number of hydrogen-bond donors (Lipinski definition) is 0. The van der Waals surface area contributed by atoms with Crippen molar-refractivity contribution in [3.63, 3.8) is 0 Å². The summed E-state index contributed by atoms with van der Waals surface area (Å²) in [5.41, 5.74) is 2.26. The summed E-state index contributed by atoms with van der Waals surface area (Å²) in [6, 6.07) is 6.12. The van der Waals surface area contributed by atoms with Gasteiger partial charge in [-0.15, -0.1) is 11.3 Å². The van der Waals surface area contributed by atoms with E-state index in [4.69, 9.17) is 9.72 Å². The van der Waals surface area contributed by atoms with Gasteiger partial charge in [0.2, 0.25) is 0 Å². The van der Waals surface area contributed by atoms with E-state index in [2.05, 4.69) is 16.7 Å². The van der Waals surface area contributed by atoms with Gasteiger partial charge in [0.05, 0.1) is 5.69 Å². The van der Waals surface area contributed by atoms with Gasteiger partial charge in [0.1, 0.15) is 10.7 Å². The van der Waals surface area contributed by atoms with Gasteiger partial charge in [-0.05, 0) is 32.4 Å². The third kappa shape index (κ3) is 2.96. The number of carbonyl (C=O) groups excluding carboxylic acids is 1. The van der Waals surface area contributed by atoms with Gasteiger partial charge >= 0.3 is 0 Å². The van der Waals surface area contributed by atoms with E-state index in [0.717, 1.165) is 17.9 Å². The van der Waals surface area contributed by atoms with E-state index >= 15 is 0 Å². The van der Waals surface area contributed by atoms with Crippen molar-refractivity contribution in [1.82, 2.24) is 14.3 Å². The Balaban J connectivity index is 1.43. The smallest absolute Gasteiger partial charge is 0.260 e. The van der Waals surface area contributed by atoms with Gasteiger partial charge < -0.3 is 9.64 Å². The molecule has 3 aromatic rings. The molecule has 1 aliphatic rings. The molecule has 4 rings (SSSR count). The molecule has 0 spiro atoms. The third-order valence-corrected chi connectivity index (χ3v) is 5.91. The van der Waals surface area contributed by atoms with E-state index in [-0.39, 0.29) is 24.2 Å². The first-order valence-corrected chi connectivity index (χ1v) is 9.50. The van der Waals surface area contributed by atoms with Gasteiger partial charge in [-0.25, -0.2) is 9.37 Å². The lowest BCUT2D eigenvalue weighted by molar-refractivity contribution is -0.132. The van der Waals surface area contributed by atoms with Crippen LogP contribution < -0.4 is 4.74 Å². The second-order valence-corrected chi connectivity index (χ2v) is 7.46. The summed E-state index contributed by atoms with van der Waals surface area (Å²) in [4.78, 5) is 20.1. The van der Waals surface area contributed by atoms with Crippen molar-refractivity contribution in [1.29, 1.82) is 0 Å². The van der Waals surface area contributed by atoms with Crippen LogP contribution in [-0.4, -0.2) is 39.9 Å². The van der Waals surface area contributed by atoms with Crippen LogP contribution in [0.25, 0.3) is 4.83 Å². The van der Waals surface area contributed by atoms with Crippen molar-refractivity contribution in [2.24, 2.45) is 0 Å². The molecule has 1 saturated heterocycles. The van der Waals surface area contributed by atoms with Crippen LogP contribution in [0.3, 0.4) is 0 Å². The highest BCUT2D eigenvalue weighted by Crippen LogP contribution is 2.33. The first-order chi connectivity index (χ1) is 12.5. The van der Waals surface area contributed by atoms with E-state index < -0.39 is 5.82 Å². The van der Waals surface area contributed by atoms with Crippen molar-refractivity contribution in [2.45, 2.75) is 26.2 Å². The standard InChI is InChI=1S/C19H20FN3O2S/c1-12-11-26-19-18(21-13(2)23(12)19)14-7-8-22(9-14)17(24)10-25-16-6-4-3-5-15(16)20/h3-6,11,14H,7-10H2,1-2H3/t14-/m0/s1. The molecule has 26 heavy (non-hydrogen) atoms. The molecule has 1 aromatic carbocycles. The van der Waals surface area contributed by atoms with Gasteiger partial charge in [0, 0.05) is 30.1 Å². The summed E-state index contributed by atoms with van der Waals surface area (Å²) >= 11 is 1.70. The fourth-order valence-corrected chi connectivity index (χ4v) is 4.63. The molecule has 0 radical (unpaired) electrons. The van der Waals surface area contributed by atoms with Crippen molar-refractivity contribution >= 4 is 22.1 Å². The zero-order chi connectivity index (χ0) is 18.3. The zero-order valence-corrected chi connectivity index (χ0v) is 15.6. The minimum absolute atomic E-state index is 0.108. The van der Waals surface area contributed by atoms with Crippen LogP contribution in [0.5, 0.6) is 5.75 Å². The van der Waals surface area contributed by atoms with Crippen LogP contribution in [0.1, 0.15) is 29.6 Å². The van der Waals surface area contributed by atoms with Crippen LogP contribution in [-0.2, 0) is 4.79 Å². The number of imidazole rings is 1. The molecule has 0 saturated carbocycles. The fourth-order valence-electron chi connectivity index (χ4n) is 3.52. The lowest BCUT2D eigenvalue weighted by Crippen LogP contribution is -2.33. The quantitative estimate of drug-likeness (QED) is 0.703. The molecule has 0 N–H and O–H groups in total. The number of rotatable bonds is 4. The molecule has 1 atom stereocenters. The zero-order valence-electron chi connectivity index (χ0n) is 14.7. The van der Waals surface area contributed by atoms with Gasteiger partial charge in [0.25, 0.3) is 5.91 Å². The van der Waals surface area contributed by atoms with Gasteiger partial charge in [0.15, 0.2) is 18.2 Å². The Labute approximate surface area is 155 Å². The molecule has 1 aliphatic heterocycles. The molecule has 0 bridgehead atoms. The van der Waals surface area contributed by atoms with Crippen molar-refractivity contribution in [2.75, 3.05) is 19.7 Å². The Morgan fingerprint density at radius 1 is 1.38 bits per heavy atom. The largest absolute Gasteiger partial charge is 0.481 e. The minimum Gasteiger partial charge on any atom is -0.481 e. The SMILES string of the molecule is Cc1csc2c([C@H]3CCN(C(=O)COc4ccccc4F)C3)nc(C)n12. The molecule has 136 valence electrons. The summed E-state index contributed by atoms with van der Waals surface area (Å²) in [6.07, 6.45) is 0.883. The molecule has 1 fully saturated rings. The van der Waals surface area contributed by atoms with E-state index in [0.29, 0.717) is 13.1 Å². The lowest BCUT2D eigenvalue weighted by Gasteiger charge is -2.16. The Bertz CT molecular complexity index is 965. The molecule has 1 amide bonds. The van der Waals surface area contributed by atoms with E-state index in [1.807, 2.05) is 6.92 Å². The van der Waals surface area contributed by atoms with Crippen LogP contribution in [0, 0.1) is 19.7 Å². The number of ether oxygens (including phenoxy) is 1. The van der Waals surface area contributed by atoms with Gasteiger partial charge in [-0.3, -0.25) is 9.20 Å². The lowest BCUT2D eigenvalue weighted by atomic mass is 10.1. The van der Waals surface area contributed by atoms with Crippen LogP contribution >= 0.6 is 11.3 Å². The summed E-state index contributed by atoms with van der Waals surface area (Å²) in [6.45, 7) is 5.24. The maximum absolute atomic E-state index is 13.6. The van der Waals surface area contributed by atoms with E-state index in [9.17, 15) is 9.18 Å². The average molecular weight is 373 g/mol. The number of para-hydroxylation sites is 1. The monoisotopic (exact) mass is 373 g/mol. The highest BCUT2D eigenvalue weighted by Gasteiger charge is 2.31. The number of halogens is 1. The number of carbonyl (C=O) groups is 1. The number of hydrogen-bond acceptors (Lipinski definition) is 4. The highest BCUT2D eigenvalue weighted by atomic mass is 32.1. The predicted octanol–water partition coefficient (Wildman–Crippen LogP) is 3.55. The van der Waals surface area contributed by atoms with Crippen LogP contribution in [0.4, 0.5) is 4.39 Å². The first-order valence-electron chi connectivity index (χ1n) is 8.62. The number of fused-ring (bicyclic) bond motifs is 1. The molecule has 3 heterocycles. The second kappa shape index (κ2) is 6.72. The first kappa shape index (κ1) is 17.0. The molecule has 2 aromatic heterocycles. The van der Waals surface area contributed by atoms with Crippen molar-refractivity contribution in [3.8, 4) is 5.75 Å². The van der Waals surface area contributed by atoms with Gasteiger partial charge in [-0.1, -0.05) is 12.1 Å². The Morgan fingerprint density at radius 3 is 3.00 bits per heavy atom. The fraction of sp³-hybridized carbons (Fsp3) is 0.368. The summed E-state index contributed by atoms with van der Waals surface area (Å²) in [7, 11) is 0. The average Bonchev–Trinajstić information content (AvgIpc) is 3.32. The van der Waals surface area contributed by atoms with E-state index in [1.54, 1.807) is 28.4 Å². The van der Waals surface area contributed by atoms with Crippen molar-refractivity contribution < 1.29 is 13.9 Å². The van der Waals surface area contributed by atoms with Gasteiger partial charge in [-0.2, -0.15) is 0 Å². The summed E-state index contributed by atoms with van der Waals surface area (Å²) < 4.78 is 21.1. The second-order valence-electron chi connectivity index (χ2n) is 6.61. The third-order valence-electron chi connectivity index (χ3n) is 4.84. The number of likely N-dealkylation sites (tertiary alicyclic amines) is 1. The molecule has 0 unspecified atom stereocenters. The molecular formula is C19H20FN3O2S. The minimum atomic E-state index is -0.455. The van der Waals surface area contributed by atoms with Crippen molar-refractivity contribution in [3.05, 3.63) is 52.7 Å². The van der Waals surface area contributed by atoms with E-state index in [1.165, 1.54) is 22.7 Å². The molecule has 7 heteroatoms. The number of thiazole rings is 1. The Morgan fingerprint density at radius 2 is 2.19 bits per heavy atom. The molecular weight excluding hydrogens is 353 g/mol. The number of amides is 1. The predicted molar refractivity (Wildman–Crippen MR) is 98.4 cm³/mol. The number of nitrogens with zero attached hydrogens (tertiary/aromatic N) is 3. The Kier molecular flexibility index (Phi) is 4.40. The van der Waals surface area contributed by atoms with Crippen LogP contribution in [0.2, 0.25) is 0 Å². The molecule has 5 nitrogen and oxygen atoms in total.